The third-order valence-corrected chi connectivity index (χ3v) is 5.57. The van der Waals surface area contributed by atoms with E-state index in [1.807, 2.05) is 24.3 Å². The van der Waals surface area contributed by atoms with Gasteiger partial charge in [-0.1, -0.05) is 41.2 Å². The molecule has 0 saturated heterocycles. The molecule has 1 heterocycles. The molecule has 3 N–H and O–H groups in total. The van der Waals surface area contributed by atoms with Crippen LogP contribution in [0.1, 0.15) is 11.1 Å². The van der Waals surface area contributed by atoms with Gasteiger partial charge in [-0.2, -0.15) is 0 Å². The van der Waals surface area contributed by atoms with E-state index in [-0.39, 0.29) is 17.3 Å². The van der Waals surface area contributed by atoms with Gasteiger partial charge in [0.1, 0.15) is 0 Å². The van der Waals surface area contributed by atoms with E-state index in [2.05, 4.69) is 52.5 Å². The zero-order chi connectivity index (χ0) is 18.5. The second-order valence-corrected chi connectivity index (χ2v) is 7.79. The molecule has 0 fully saturated rings. The highest BCUT2D eigenvalue weighted by Crippen LogP contribution is 2.31. The number of benzene rings is 2. The first-order valence-electron chi connectivity index (χ1n) is 7.92. The SMILES string of the molecule is Cc1ccc(Sc2ccc(NC(=O)CSc3n[nH]c(=O)[nH]3)cc2)c(C)c1. The standard InChI is InChI=1S/C18H18N4O2S2/c1-11-3-8-15(12(2)9-11)26-14-6-4-13(5-7-14)19-16(23)10-25-18-20-17(24)21-22-18/h3-9H,10H2,1-2H3,(H,19,23)(H2,20,21,22,24). The maximum Gasteiger partial charge on any atom is 0.341 e. The molecule has 0 spiro atoms. The minimum Gasteiger partial charge on any atom is -0.325 e. The Bertz CT molecular complexity index is 964. The van der Waals surface area contributed by atoms with Crippen molar-refractivity contribution in [2.45, 2.75) is 28.8 Å². The van der Waals surface area contributed by atoms with Crippen LogP contribution in [-0.4, -0.2) is 26.8 Å². The lowest BCUT2D eigenvalue weighted by Crippen LogP contribution is -2.14. The van der Waals surface area contributed by atoms with Gasteiger partial charge in [-0.3, -0.25) is 9.78 Å². The van der Waals surface area contributed by atoms with Gasteiger partial charge in [-0.05, 0) is 49.7 Å². The molecular formula is C18H18N4O2S2. The van der Waals surface area contributed by atoms with Gasteiger partial charge in [0.05, 0.1) is 5.75 Å². The van der Waals surface area contributed by atoms with Gasteiger partial charge in [0, 0.05) is 15.5 Å². The molecule has 3 aromatic rings. The van der Waals surface area contributed by atoms with Crippen molar-refractivity contribution >= 4 is 35.1 Å². The first kappa shape index (κ1) is 18.3. The molecule has 0 saturated carbocycles. The predicted octanol–water partition coefficient (Wildman–Crippen LogP) is 3.60. The minimum atomic E-state index is -0.384. The van der Waals surface area contributed by atoms with E-state index in [4.69, 9.17) is 0 Å². The van der Waals surface area contributed by atoms with Gasteiger partial charge in [-0.25, -0.2) is 9.89 Å². The first-order valence-corrected chi connectivity index (χ1v) is 9.72. The smallest absolute Gasteiger partial charge is 0.325 e. The summed E-state index contributed by atoms with van der Waals surface area (Å²) in [7, 11) is 0. The highest BCUT2D eigenvalue weighted by molar-refractivity contribution is 7.99. The molecule has 6 nitrogen and oxygen atoms in total. The fourth-order valence-electron chi connectivity index (χ4n) is 2.30. The highest BCUT2D eigenvalue weighted by atomic mass is 32.2. The van der Waals surface area contributed by atoms with Gasteiger partial charge in [0.15, 0.2) is 5.16 Å². The number of hydrogen-bond donors (Lipinski definition) is 3. The zero-order valence-corrected chi connectivity index (χ0v) is 16.0. The van der Waals surface area contributed by atoms with E-state index in [9.17, 15) is 9.59 Å². The van der Waals surface area contributed by atoms with Gasteiger partial charge in [0.25, 0.3) is 0 Å². The number of aromatic amines is 2. The summed E-state index contributed by atoms with van der Waals surface area (Å²) in [6.45, 7) is 4.19. The molecule has 26 heavy (non-hydrogen) atoms. The van der Waals surface area contributed by atoms with Crippen LogP contribution in [0.25, 0.3) is 0 Å². The molecule has 2 aromatic carbocycles. The van der Waals surface area contributed by atoms with Gasteiger partial charge >= 0.3 is 5.69 Å². The summed E-state index contributed by atoms with van der Waals surface area (Å²) in [5, 5.41) is 9.23. The van der Waals surface area contributed by atoms with E-state index >= 15 is 0 Å². The number of carbonyl (C=O) groups is 1. The van der Waals surface area contributed by atoms with Crippen LogP contribution in [0.4, 0.5) is 5.69 Å². The molecule has 0 aliphatic heterocycles. The Morgan fingerprint density at radius 1 is 1.15 bits per heavy atom. The number of nitrogens with one attached hydrogen (secondary N) is 3. The maximum atomic E-state index is 12.0. The van der Waals surface area contributed by atoms with Crippen molar-refractivity contribution in [1.29, 1.82) is 0 Å². The fourth-order valence-corrected chi connectivity index (χ4v) is 3.80. The number of rotatable bonds is 6. The Morgan fingerprint density at radius 3 is 2.58 bits per heavy atom. The number of amides is 1. The Kier molecular flexibility index (Phi) is 5.85. The average Bonchev–Trinajstić information content (AvgIpc) is 3.03. The van der Waals surface area contributed by atoms with Crippen molar-refractivity contribution in [3.63, 3.8) is 0 Å². The van der Waals surface area contributed by atoms with E-state index in [1.165, 1.54) is 16.0 Å². The molecule has 1 aromatic heterocycles. The third-order valence-electron chi connectivity index (χ3n) is 3.52. The predicted molar refractivity (Wildman–Crippen MR) is 105 cm³/mol. The van der Waals surface area contributed by atoms with Gasteiger partial charge < -0.3 is 5.32 Å². The second kappa shape index (κ2) is 8.29. The normalized spacial score (nSPS) is 10.7. The van der Waals surface area contributed by atoms with E-state index in [0.717, 1.165) is 22.3 Å². The molecule has 3 rings (SSSR count). The summed E-state index contributed by atoms with van der Waals surface area (Å²) in [6.07, 6.45) is 0. The van der Waals surface area contributed by atoms with Crippen molar-refractivity contribution in [1.82, 2.24) is 15.2 Å². The minimum absolute atomic E-state index is 0.159. The molecular weight excluding hydrogens is 368 g/mol. The van der Waals surface area contributed by atoms with Crippen LogP contribution in [0.2, 0.25) is 0 Å². The Hall–Kier alpha value is -2.45. The van der Waals surface area contributed by atoms with Crippen molar-refractivity contribution < 1.29 is 4.79 Å². The van der Waals surface area contributed by atoms with Crippen molar-refractivity contribution in [2.75, 3.05) is 11.1 Å². The topological polar surface area (TPSA) is 90.6 Å². The van der Waals surface area contributed by atoms with Crippen LogP contribution in [-0.2, 0) is 4.79 Å². The largest absolute Gasteiger partial charge is 0.341 e. The number of thioether (sulfide) groups is 1. The van der Waals surface area contributed by atoms with E-state index < -0.39 is 0 Å². The fraction of sp³-hybridized carbons (Fsp3) is 0.167. The summed E-state index contributed by atoms with van der Waals surface area (Å²) in [6, 6.07) is 14.1. The lowest BCUT2D eigenvalue weighted by molar-refractivity contribution is -0.113. The summed E-state index contributed by atoms with van der Waals surface area (Å²) >= 11 is 2.86. The molecule has 0 radical (unpaired) electrons. The number of anilines is 1. The average molecular weight is 387 g/mol. The molecule has 1 amide bonds. The Balaban J connectivity index is 1.55. The third kappa shape index (κ3) is 5.03. The maximum absolute atomic E-state index is 12.0. The van der Waals surface area contributed by atoms with Crippen LogP contribution in [0, 0.1) is 13.8 Å². The van der Waals surface area contributed by atoms with E-state index in [0.29, 0.717) is 5.16 Å². The highest BCUT2D eigenvalue weighted by Gasteiger charge is 2.07. The van der Waals surface area contributed by atoms with Crippen LogP contribution in [0.3, 0.4) is 0 Å². The molecule has 0 atom stereocenters. The molecule has 134 valence electrons. The number of H-pyrrole nitrogens is 2. The Labute approximate surface area is 159 Å². The number of nitrogens with zero attached hydrogens (tertiary/aromatic N) is 1. The number of aromatic nitrogens is 3. The first-order chi connectivity index (χ1) is 12.5. The van der Waals surface area contributed by atoms with Crippen molar-refractivity contribution in [3.05, 3.63) is 64.1 Å². The zero-order valence-electron chi connectivity index (χ0n) is 14.3. The quantitative estimate of drug-likeness (QED) is 0.563. The lowest BCUT2D eigenvalue weighted by Gasteiger charge is -2.08. The van der Waals surface area contributed by atoms with Crippen molar-refractivity contribution in [2.24, 2.45) is 0 Å². The number of hydrogen-bond acceptors (Lipinski definition) is 5. The number of carbonyl (C=O) groups excluding carboxylic acids is 1. The van der Waals surface area contributed by atoms with Crippen molar-refractivity contribution in [3.8, 4) is 0 Å². The van der Waals surface area contributed by atoms with Crippen LogP contribution >= 0.6 is 23.5 Å². The van der Waals surface area contributed by atoms with Crippen LogP contribution in [0.15, 0.2) is 62.2 Å². The Morgan fingerprint density at radius 2 is 1.92 bits per heavy atom. The summed E-state index contributed by atoms with van der Waals surface area (Å²) in [5.41, 5.74) is 2.85. The molecule has 0 aliphatic carbocycles. The van der Waals surface area contributed by atoms with Crippen LogP contribution < -0.4 is 11.0 Å². The van der Waals surface area contributed by atoms with Crippen LogP contribution in [0.5, 0.6) is 0 Å². The molecule has 0 aliphatic rings. The van der Waals surface area contributed by atoms with Gasteiger partial charge in [0.2, 0.25) is 5.91 Å². The summed E-state index contributed by atoms with van der Waals surface area (Å²) in [4.78, 5) is 27.7. The summed E-state index contributed by atoms with van der Waals surface area (Å²) < 4.78 is 0. The number of aryl methyl sites for hydroxylation is 2. The monoisotopic (exact) mass is 386 g/mol. The molecule has 0 bridgehead atoms. The molecule has 8 heteroatoms. The van der Waals surface area contributed by atoms with Gasteiger partial charge in [-0.15, -0.1) is 5.10 Å². The lowest BCUT2D eigenvalue weighted by atomic mass is 10.2. The molecule has 0 unspecified atom stereocenters. The summed E-state index contributed by atoms with van der Waals surface area (Å²) in [5.74, 6) is 0.00785. The van der Waals surface area contributed by atoms with E-state index in [1.54, 1.807) is 11.8 Å². The second-order valence-electron chi connectivity index (χ2n) is 5.72.